The van der Waals surface area contributed by atoms with Gasteiger partial charge in [-0.2, -0.15) is 0 Å². The van der Waals surface area contributed by atoms with E-state index in [0.29, 0.717) is 12.3 Å². The number of halogens is 1. The van der Waals surface area contributed by atoms with Crippen LogP contribution in [0.15, 0.2) is 54.6 Å². The van der Waals surface area contributed by atoms with Gasteiger partial charge in [0.2, 0.25) is 0 Å². The first-order valence-corrected chi connectivity index (χ1v) is 11.2. The number of carbonyl (C=O) groups excluding carboxylic acids is 1. The maximum Gasteiger partial charge on any atom is 0.260 e. The van der Waals surface area contributed by atoms with Crippen molar-refractivity contribution in [2.24, 2.45) is 0 Å². The number of amides is 1. The first kappa shape index (κ1) is 27.8. The number of nitrogens with zero attached hydrogens (tertiary/aromatic N) is 1. The van der Waals surface area contributed by atoms with Crippen molar-refractivity contribution in [3.8, 4) is 11.5 Å². The van der Waals surface area contributed by atoms with Gasteiger partial charge in [0.05, 0.1) is 0 Å². The van der Waals surface area contributed by atoms with Gasteiger partial charge in [0, 0.05) is 19.6 Å². The molecule has 0 radical (unpaired) electrons. The van der Waals surface area contributed by atoms with Gasteiger partial charge in [-0.15, -0.1) is 12.4 Å². The molecule has 0 aliphatic carbocycles. The zero-order valence-corrected chi connectivity index (χ0v) is 20.0. The van der Waals surface area contributed by atoms with Crippen LogP contribution in [0.25, 0.3) is 0 Å². The first-order chi connectivity index (χ1) is 15.1. The van der Waals surface area contributed by atoms with E-state index in [1.165, 1.54) is 5.56 Å². The number of ether oxygens (including phenoxy) is 2. The number of nitrogens with one attached hydrogen (secondary N) is 1. The maximum atomic E-state index is 12.3. The maximum absolute atomic E-state index is 12.3. The van der Waals surface area contributed by atoms with Crippen molar-refractivity contribution in [3.63, 3.8) is 0 Å². The Kier molecular flexibility index (Phi) is 14.2. The van der Waals surface area contributed by atoms with Gasteiger partial charge in [0.1, 0.15) is 24.2 Å². The third-order valence-corrected chi connectivity index (χ3v) is 4.78. The molecule has 0 saturated carbocycles. The number of benzene rings is 2. The molecule has 0 spiro atoms. The van der Waals surface area contributed by atoms with Crippen LogP contribution in [-0.4, -0.2) is 61.4 Å². The Morgan fingerprint density at radius 1 is 0.969 bits per heavy atom. The van der Waals surface area contributed by atoms with E-state index in [4.69, 9.17) is 9.47 Å². The van der Waals surface area contributed by atoms with Crippen LogP contribution in [0, 0.1) is 0 Å². The largest absolute Gasteiger partial charge is 0.491 e. The van der Waals surface area contributed by atoms with Crippen LogP contribution in [0.2, 0.25) is 0 Å². The van der Waals surface area contributed by atoms with E-state index in [1.54, 1.807) is 0 Å². The van der Waals surface area contributed by atoms with Crippen LogP contribution in [0.1, 0.15) is 32.3 Å². The Hall–Kier alpha value is -2.28. The summed E-state index contributed by atoms with van der Waals surface area (Å²) in [6.45, 7) is 7.25. The standard InChI is InChI=1S/C25H36N2O4.ClH/c1-3-16-27(17-4-2)25(29)20-31-24-12-10-21(11-13-24)14-15-26-18-22(28)19-30-23-8-6-5-7-9-23;/h5-13,22,26,28H,3-4,14-20H2,1-2H3;1H. The molecule has 0 aliphatic rings. The molecule has 6 nitrogen and oxygen atoms in total. The van der Waals surface area contributed by atoms with Crippen LogP contribution in [-0.2, 0) is 11.2 Å². The molecule has 0 aromatic heterocycles. The Labute approximate surface area is 198 Å². The van der Waals surface area contributed by atoms with Crippen molar-refractivity contribution in [1.29, 1.82) is 0 Å². The van der Waals surface area contributed by atoms with Gasteiger partial charge < -0.3 is 24.8 Å². The van der Waals surface area contributed by atoms with Crippen molar-refractivity contribution in [3.05, 3.63) is 60.2 Å². The quantitative estimate of drug-likeness (QED) is 0.393. The molecule has 1 unspecified atom stereocenters. The molecule has 1 atom stereocenters. The lowest BCUT2D eigenvalue weighted by molar-refractivity contribution is -0.133. The average Bonchev–Trinajstić information content (AvgIpc) is 2.80. The number of para-hydroxylation sites is 1. The highest BCUT2D eigenvalue weighted by Crippen LogP contribution is 2.13. The topological polar surface area (TPSA) is 71.0 Å². The normalized spacial score (nSPS) is 11.3. The van der Waals surface area contributed by atoms with E-state index >= 15 is 0 Å². The molecular formula is C25H37ClN2O4. The Morgan fingerprint density at radius 2 is 1.59 bits per heavy atom. The molecule has 0 heterocycles. The number of hydrogen-bond donors (Lipinski definition) is 2. The molecule has 0 fully saturated rings. The molecule has 2 N–H and O–H groups in total. The average molecular weight is 465 g/mol. The van der Waals surface area contributed by atoms with E-state index in [1.807, 2.05) is 59.5 Å². The van der Waals surface area contributed by atoms with Gasteiger partial charge in [0.15, 0.2) is 6.61 Å². The third kappa shape index (κ3) is 10.8. The second-order valence-corrected chi connectivity index (χ2v) is 7.55. The van der Waals surface area contributed by atoms with Gasteiger partial charge in [-0.05, 0) is 55.6 Å². The molecule has 32 heavy (non-hydrogen) atoms. The number of carbonyl (C=O) groups is 1. The lowest BCUT2D eigenvalue weighted by Gasteiger charge is -2.21. The minimum atomic E-state index is -0.562. The van der Waals surface area contributed by atoms with Crippen molar-refractivity contribution in [2.45, 2.75) is 39.2 Å². The fraction of sp³-hybridized carbons (Fsp3) is 0.480. The predicted octanol–water partition coefficient (Wildman–Crippen LogP) is 3.71. The lowest BCUT2D eigenvalue weighted by atomic mass is 10.1. The third-order valence-electron chi connectivity index (χ3n) is 4.78. The summed E-state index contributed by atoms with van der Waals surface area (Å²) in [5.41, 5.74) is 1.17. The van der Waals surface area contributed by atoms with Gasteiger partial charge in [0.25, 0.3) is 5.91 Å². The lowest BCUT2D eigenvalue weighted by Crippen LogP contribution is -2.36. The van der Waals surface area contributed by atoms with E-state index < -0.39 is 6.10 Å². The number of hydrogen-bond acceptors (Lipinski definition) is 5. The summed E-state index contributed by atoms with van der Waals surface area (Å²) in [5.74, 6) is 1.49. The van der Waals surface area contributed by atoms with Crippen molar-refractivity contribution in [2.75, 3.05) is 39.4 Å². The zero-order valence-electron chi connectivity index (χ0n) is 19.2. The summed E-state index contributed by atoms with van der Waals surface area (Å²) in [7, 11) is 0. The molecule has 2 rings (SSSR count). The van der Waals surface area contributed by atoms with E-state index in [9.17, 15) is 9.90 Å². The fourth-order valence-corrected chi connectivity index (χ4v) is 3.16. The van der Waals surface area contributed by atoms with Crippen molar-refractivity contribution >= 4 is 18.3 Å². The van der Waals surface area contributed by atoms with E-state index in [-0.39, 0.29) is 31.5 Å². The molecule has 2 aromatic carbocycles. The number of rotatable bonds is 15. The summed E-state index contributed by atoms with van der Waals surface area (Å²) < 4.78 is 11.2. The molecule has 0 bridgehead atoms. The first-order valence-electron chi connectivity index (χ1n) is 11.2. The summed E-state index contributed by atoms with van der Waals surface area (Å²) in [6, 6.07) is 17.3. The molecule has 0 saturated heterocycles. The highest BCUT2D eigenvalue weighted by molar-refractivity contribution is 5.85. The highest BCUT2D eigenvalue weighted by atomic mass is 35.5. The molecular weight excluding hydrogens is 428 g/mol. The molecule has 7 heteroatoms. The number of aliphatic hydroxyl groups excluding tert-OH is 1. The second kappa shape index (κ2) is 16.4. The molecule has 0 aliphatic heterocycles. The van der Waals surface area contributed by atoms with Gasteiger partial charge >= 0.3 is 0 Å². The molecule has 2 aromatic rings. The smallest absolute Gasteiger partial charge is 0.260 e. The van der Waals surface area contributed by atoms with Crippen LogP contribution in [0.5, 0.6) is 11.5 Å². The summed E-state index contributed by atoms with van der Waals surface area (Å²) in [5, 5.41) is 13.3. The van der Waals surface area contributed by atoms with Crippen molar-refractivity contribution < 1.29 is 19.4 Å². The predicted molar refractivity (Wildman–Crippen MR) is 131 cm³/mol. The van der Waals surface area contributed by atoms with Crippen LogP contribution in [0.4, 0.5) is 0 Å². The Morgan fingerprint density at radius 3 is 2.22 bits per heavy atom. The Bertz CT molecular complexity index is 737. The Balaban J connectivity index is 0.00000512. The summed E-state index contributed by atoms with van der Waals surface area (Å²) in [4.78, 5) is 14.1. The summed E-state index contributed by atoms with van der Waals surface area (Å²) in [6.07, 6.45) is 2.18. The summed E-state index contributed by atoms with van der Waals surface area (Å²) >= 11 is 0. The fourth-order valence-electron chi connectivity index (χ4n) is 3.16. The molecule has 1 amide bonds. The highest BCUT2D eigenvalue weighted by Gasteiger charge is 2.12. The monoisotopic (exact) mass is 464 g/mol. The molecule has 178 valence electrons. The van der Waals surface area contributed by atoms with E-state index in [2.05, 4.69) is 19.2 Å². The SMILES string of the molecule is CCCN(CCC)C(=O)COc1ccc(CCNCC(O)COc2ccccc2)cc1.Cl. The minimum absolute atomic E-state index is 0. The van der Waals surface area contributed by atoms with Crippen LogP contribution >= 0.6 is 12.4 Å². The minimum Gasteiger partial charge on any atom is -0.491 e. The zero-order chi connectivity index (χ0) is 22.3. The van der Waals surface area contributed by atoms with Gasteiger partial charge in [-0.25, -0.2) is 0 Å². The van der Waals surface area contributed by atoms with E-state index in [0.717, 1.165) is 44.6 Å². The van der Waals surface area contributed by atoms with Crippen LogP contribution in [0.3, 0.4) is 0 Å². The second-order valence-electron chi connectivity index (χ2n) is 7.55. The van der Waals surface area contributed by atoms with Crippen molar-refractivity contribution in [1.82, 2.24) is 10.2 Å². The number of aliphatic hydroxyl groups is 1. The van der Waals surface area contributed by atoms with Crippen LogP contribution < -0.4 is 14.8 Å². The van der Waals surface area contributed by atoms with Gasteiger partial charge in [-0.1, -0.05) is 44.2 Å². The van der Waals surface area contributed by atoms with Gasteiger partial charge in [-0.3, -0.25) is 4.79 Å².